The van der Waals surface area contributed by atoms with Crippen LogP contribution in [0.15, 0.2) is 72.9 Å². The molecule has 0 amide bonds. The maximum Gasteiger partial charge on any atom is 0.187 e. The van der Waals surface area contributed by atoms with Crippen molar-refractivity contribution in [3.63, 3.8) is 0 Å². The van der Waals surface area contributed by atoms with Gasteiger partial charge in [0.25, 0.3) is 0 Å². The molecule has 0 atom stereocenters. The Morgan fingerprint density at radius 1 is 0.875 bits per heavy atom. The van der Waals surface area contributed by atoms with E-state index in [9.17, 15) is 4.79 Å². The Bertz CT molecular complexity index is 1380. The first-order valence-corrected chi connectivity index (χ1v) is 14.3. The Morgan fingerprint density at radius 3 is 2.20 bits per heavy atom. The molecule has 5 nitrogen and oxygen atoms in total. The van der Waals surface area contributed by atoms with Crippen molar-refractivity contribution in [2.75, 3.05) is 33.4 Å². The third kappa shape index (κ3) is 5.95. The molecular formula is C35H41NO4. The van der Waals surface area contributed by atoms with E-state index in [2.05, 4.69) is 56.9 Å². The van der Waals surface area contributed by atoms with Crippen LogP contribution in [0.3, 0.4) is 0 Å². The molecule has 1 saturated heterocycles. The lowest BCUT2D eigenvalue weighted by Gasteiger charge is -2.42. The van der Waals surface area contributed by atoms with Gasteiger partial charge in [0.2, 0.25) is 0 Å². The first-order valence-electron chi connectivity index (χ1n) is 14.3. The normalized spacial score (nSPS) is 17.9. The molecule has 3 aromatic rings. The average molecular weight is 540 g/mol. The molecule has 5 rings (SSSR count). The van der Waals surface area contributed by atoms with Gasteiger partial charge >= 0.3 is 0 Å². The molecule has 1 aliphatic carbocycles. The summed E-state index contributed by atoms with van der Waals surface area (Å²) in [5, 5.41) is 0. The van der Waals surface area contributed by atoms with Crippen LogP contribution in [0.1, 0.15) is 67.6 Å². The van der Waals surface area contributed by atoms with Gasteiger partial charge in [-0.15, -0.1) is 0 Å². The van der Waals surface area contributed by atoms with Crippen LogP contribution < -0.4 is 9.47 Å². The predicted octanol–water partition coefficient (Wildman–Crippen LogP) is 7.32. The quantitative estimate of drug-likeness (QED) is 0.222. The second-order valence-electron chi connectivity index (χ2n) is 12.2. The summed E-state index contributed by atoms with van der Waals surface area (Å²) in [5.74, 6) is 1.48. The van der Waals surface area contributed by atoms with Crippen molar-refractivity contribution >= 4 is 5.78 Å². The minimum Gasteiger partial charge on any atom is -0.496 e. The zero-order valence-electron chi connectivity index (χ0n) is 24.5. The lowest BCUT2D eigenvalue weighted by atomic mass is 9.62. The summed E-state index contributed by atoms with van der Waals surface area (Å²) in [6.45, 7) is 12.7. The van der Waals surface area contributed by atoms with Gasteiger partial charge in [-0.25, -0.2) is 0 Å². The van der Waals surface area contributed by atoms with Crippen molar-refractivity contribution in [3.05, 3.63) is 95.2 Å². The molecule has 1 aliphatic heterocycles. The highest BCUT2D eigenvalue weighted by molar-refractivity contribution is 6.05. The number of carbonyl (C=O) groups excluding carboxylic acids is 1. The number of hydrogen-bond acceptors (Lipinski definition) is 5. The van der Waals surface area contributed by atoms with E-state index in [1.54, 1.807) is 13.2 Å². The number of nitrogens with zero attached hydrogens (tertiary/aromatic N) is 1. The third-order valence-corrected chi connectivity index (χ3v) is 8.45. The van der Waals surface area contributed by atoms with Gasteiger partial charge in [-0.1, -0.05) is 58.0 Å². The summed E-state index contributed by atoms with van der Waals surface area (Å²) < 4.78 is 17.8. The SMILES string of the molecule is COc1ccc(C(=O)C=CN2CCOCC2)cc1-c1cc2c(cc1OCc1ccccc1)C(C)(C)CCC2(C)C. The number of methoxy groups -OCH3 is 1. The van der Waals surface area contributed by atoms with Crippen LogP contribution in [-0.2, 0) is 22.2 Å². The second-order valence-corrected chi connectivity index (χ2v) is 12.2. The molecule has 0 aromatic heterocycles. The van der Waals surface area contributed by atoms with Crippen LogP contribution in [0, 0.1) is 0 Å². The summed E-state index contributed by atoms with van der Waals surface area (Å²) in [4.78, 5) is 15.4. The number of fused-ring (bicyclic) bond motifs is 1. The van der Waals surface area contributed by atoms with E-state index >= 15 is 0 Å². The number of ketones is 1. The van der Waals surface area contributed by atoms with Crippen molar-refractivity contribution in [3.8, 4) is 22.6 Å². The standard InChI is InChI=1S/C35H41NO4/c1-34(2)14-15-35(3,4)30-23-33(40-24-25-9-7-6-8-10-25)28(22-29(30)34)27-21-26(11-12-32(27)38-5)31(37)13-16-36-17-19-39-20-18-36/h6-13,16,21-23H,14-15,17-20,24H2,1-5H3. The van der Waals surface area contributed by atoms with Gasteiger partial charge in [-0.2, -0.15) is 0 Å². The van der Waals surface area contributed by atoms with Crippen LogP contribution in [0.2, 0.25) is 0 Å². The molecule has 0 radical (unpaired) electrons. The fourth-order valence-electron chi connectivity index (χ4n) is 5.73. The average Bonchev–Trinajstić information content (AvgIpc) is 2.97. The zero-order valence-corrected chi connectivity index (χ0v) is 24.5. The first kappa shape index (κ1) is 28.0. The van der Waals surface area contributed by atoms with E-state index in [1.165, 1.54) is 11.1 Å². The number of morpholine rings is 1. The molecule has 40 heavy (non-hydrogen) atoms. The summed E-state index contributed by atoms with van der Waals surface area (Å²) in [6.07, 6.45) is 5.76. The minimum atomic E-state index is -0.0402. The highest BCUT2D eigenvalue weighted by Gasteiger charge is 2.38. The zero-order chi connectivity index (χ0) is 28.3. The van der Waals surface area contributed by atoms with Gasteiger partial charge < -0.3 is 19.1 Å². The van der Waals surface area contributed by atoms with Gasteiger partial charge in [0.05, 0.1) is 20.3 Å². The van der Waals surface area contributed by atoms with E-state index < -0.39 is 0 Å². The van der Waals surface area contributed by atoms with E-state index in [4.69, 9.17) is 14.2 Å². The van der Waals surface area contributed by atoms with Crippen molar-refractivity contribution in [2.45, 2.75) is 58.0 Å². The fraction of sp³-hybridized carbons (Fsp3) is 0.400. The number of benzene rings is 3. The molecular weight excluding hydrogens is 498 g/mol. The van der Waals surface area contributed by atoms with E-state index in [-0.39, 0.29) is 16.6 Å². The van der Waals surface area contributed by atoms with Gasteiger partial charge in [0.1, 0.15) is 18.1 Å². The van der Waals surface area contributed by atoms with Gasteiger partial charge in [0.15, 0.2) is 5.78 Å². The Morgan fingerprint density at radius 2 is 1.52 bits per heavy atom. The highest BCUT2D eigenvalue weighted by atomic mass is 16.5. The summed E-state index contributed by atoms with van der Waals surface area (Å²) in [7, 11) is 1.68. The van der Waals surface area contributed by atoms with Crippen LogP contribution in [-0.4, -0.2) is 44.1 Å². The summed E-state index contributed by atoms with van der Waals surface area (Å²) in [6, 6.07) is 20.4. The molecule has 0 unspecified atom stereocenters. The second kappa shape index (κ2) is 11.5. The number of rotatable bonds is 8. The molecule has 1 heterocycles. The van der Waals surface area contributed by atoms with Crippen LogP contribution >= 0.6 is 0 Å². The highest BCUT2D eigenvalue weighted by Crippen LogP contribution is 2.50. The maximum atomic E-state index is 13.3. The molecule has 0 bridgehead atoms. The Hall–Kier alpha value is -3.57. The largest absolute Gasteiger partial charge is 0.496 e. The lowest BCUT2D eigenvalue weighted by molar-refractivity contribution is 0.0591. The van der Waals surface area contributed by atoms with Gasteiger partial charge in [-0.05, 0) is 70.7 Å². The van der Waals surface area contributed by atoms with E-state index in [0.29, 0.717) is 31.1 Å². The van der Waals surface area contributed by atoms with Crippen molar-refractivity contribution in [1.82, 2.24) is 4.90 Å². The van der Waals surface area contributed by atoms with Crippen molar-refractivity contribution in [1.29, 1.82) is 0 Å². The Kier molecular flexibility index (Phi) is 8.04. The van der Waals surface area contributed by atoms with Gasteiger partial charge in [-0.3, -0.25) is 4.79 Å². The first-order chi connectivity index (χ1) is 19.2. The molecule has 210 valence electrons. The fourth-order valence-corrected chi connectivity index (χ4v) is 5.73. The topological polar surface area (TPSA) is 48.0 Å². The summed E-state index contributed by atoms with van der Waals surface area (Å²) >= 11 is 0. The number of ether oxygens (including phenoxy) is 3. The summed E-state index contributed by atoms with van der Waals surface area (Å²) in [5.41, 5.74) is 6.26. The molecule has 1 fully saturated rings. The molecule has 2 aliphatic rings. The molecule has 5 heteroatoms. The Labute approximate surface area is 238 Å². The molecule has 0 N–H and O–H groups in total. The Balaban J connectivity index is 1.59. The van der Waals surface area contributed by atoms with Crippen molar-refractivity contribution < 1.29 is 19.0 Å². The van der Waals surface area contributed by atoms with E-state index in [1.807, 2.05) is 42.6 Å². The molecule has 0 spiro atoms. The minimum absolute atomic E-state index is 0.0269. The van der Waals surface area contributed by atoms with Gasteiger partial charge in [0, 0.05) is 42.1 Å². The third-order valence-electron chi connectivity index (χ3n) is 8.45. The predicted molar refractivity (Wildman–Crippen MR) is 160 cm³/mol. The number of allylic oxidation sites excluding steroid dienone is 1. The van der Waals surface area contributed by atoms with Crippen LogP contribution in [0.4, 0.5) is 0 Å². The van der Waals surface area contributed by atoms with E-state index in [0.717, 1.165) is 48.4 Å². The number of carbonyl (C=O) groups is 1. The lowest BCUT2D eigenvalue weighted by Crippen LogP contribution is -2.34. The molecule has 0 saturated carbocycles. The molecule has 3 aromatic carbocycles. The monoisotopic (exact) mass is 539 g/mol. The smallest absolute Gasteiger partial charge is 0.187 e. The van der Waals surface area contributed by atoms with Crippen LogP contribution in [0.5, 0.6) is 11.5 Å². The van der Waals surface area contributed by atoms with Crippen LogP contribution in [0.25, 0.3) is 11.1 Å². The number of hydrogen-bond donors (Lipinski definition) is 0. The maximum absolute atomic E-state index is 13.3. The van der Waals surface area contributed by atoms with Crippen molar-refractivity contribution in [2.24, 2.45) is 0 Å².